The van der Waals surface area contributed by atoms with Crippen molar-refractivity contribution in [3.05, 3.63) is 47.4 Å². The van der Waals surface area contributed by atoms with Gasteiger partial charge < -0.3 is 5.11 Å². The Labute approximate surface area is 114 Å². The van der Waals surface area contributed by atoms with Gasteiger partial charge in [-0.1, -0.05) is 18.2 Å². The van der Waals surface area contributed by atoms with E-state index in [1.54, 1.807) is 6.07 Å². The van der Waals surface area contributed by atoms with E-state index in [2.05, 4.69) is 5.10 Å². The summed E-state index contributed by atoms with van der Waals surface area (Å²) in [4.78, 5) is 10.9. The summed E-state index contributed by atoms with van der Waals surface area (Å²) >= 11 is 0. The number of benzene rings is 1. The minimum atomic E-state index is -3.66. The molecule has 0 amide bonds. The zero-order valence-corrected chi connectivity index (χ0v) is 11.3. The molecule has 20 heavy (non-hydrogen) atoms. The predicted molar refractivity (Wildman–Crippen MR) is 67.8 cm³/mol. The van der Waals surface area contributed by atoms with E-state index in [9.17, 15) is 17.6 Å². The summed E-state index contributed by atoms with van der Waals surface area (Å²) in [6, 6.07) is 6.77. The van der Waals surface area contributed by atoms with Gasteiger partial charge in [0.15, 0.2) is 20.6 Å². The molecule has 0 bridgehead atoms. The Morgan fingerprint density at radius 3 is 2.60 bits per heavy atom. The number of carbonyl (C=O) groups is 1. The van der Waals surface area contributed by atoms with Crippen molar-refractivity contribution in [2.75, 3.05) is 6.26 Å². The molecule has 6 nitrogen and oxygen atoms in total. The molecule has 0 saturated carbocycles. The molecule has 0 aliphatic heterocycles. The molecule has 8 heteroatoms. The number of hydrogen-bond donors (Lipinski definition) is 1. The van der Waals surface area contributed by atoms with Crippen LogP contribution < -0.4 is 0 Å². The number of aromatic carboxylic acids is 1. The van der Waals surface area contributed by atoms with Gasteiger partial charge in [0.1, 0.15) is 5.82 Å². The highest BCUT2D eigenvalue weighted by Crippen LogP contribution is 2.15. The highest BCUT2D eigenvalue weighted by atomic mass is 32.2. The minimum absolute atomic E-state index is 0.164. The summed E-state index contributed by atoms with van der Waals surface area (Å²) in [7, 11) is -3.66. The van der Waals surface area contributed by atoms with E-state index in [-0.39, 0.29) is 17.1 Å². The second kappa shape index (κ2) is 5.04. The maximum absolute atomic E-state index is 13.6. The topological polar surface area (TPSA) is 89.3 Å². The van der Waals surface area contributed by atoms with Crippen LogP contribution in [0.5, 0.6) is 0 Å². The first-order valence-electron chi connectivity index (χ1n) is 5.53. The zero-order chi connectivity index (χ0) is 14.9. The quantitative estimate of drug-likeness (QED) is 0.915. The molecule has 1 heterocycles. The molecule has 0 saturated heterocycles. The number of carboxylic acid groups (broad SMARTS) is 1. The SMILES string of the molecule is CS(=O)(=O)c1cc(C(=O)O)nn1Cc1ccccc1F. The van der Waals surface area contributed by atoms with E-state index in [1.165, 1.54) is 18.2 Å². The second-order valence-corrected chi connectivity index (χ2v) is 6.16. The average Bonchev–Trinajstić information content (AvgIpc) is 2.76. The van der Waals surface area contributed by atoms with Crippen LogP contribution in [0, 0.1) is 5.82 Å². The van der Waals surface area contributed by atoms with Crippen molar-refractivity contribution in [2.45, 2.75) is 11.6 Å². The molecule has 0 fully saturated rings. The van der Waals surface area contributed by atoms with Gasteiger partial charge in [-0.3, -0.25) is 0 Å². The first-order valence-corrected chi connectivity index (χ1v) is 7.43. The van der Waals surface area contributed by atoms with Crippen molar-refractivity contribution in [1.82, 2.24) is 9.78 Å². The smallest absolute Gasteiger partial charge is 0.356 e. The Bertz CT molecular complexity index is 768. The summed E-state index contributed by atoms with van der Waals surface area (Å²) < 4.78 is 37.8. The van der Waals surface area contributed by atoms with Crippen LogP contribution >= 0.6 is 0 Å². The van der Waals surface area contributed by atoms with Crippen LogP contribution in [0.25, 0.3) is 0 Å². The number of sulfone groups is 1. The summed E-state index contributed by atoms with van der Waals surface area (Å²) in [5.74, 6) is -1.86. The number of nitrogens with zero attached hydrogens (tertiary/aromatic N) is 2. The normalized spacial score (nSPS) is 11.5. The van der Waals surface area contributed by atoms with Crippen LogP contribution in [0.1, 0.15) is 16.1 Å². The molecule has 0 atom stereocenters. The van der Waals surface area contributed by atoms with Crippen molar-refractivity contribution in [1.29, 1.82) is 0 Å². The van der Waals surface area contributed by atoms with Gasteiger partial charge in [0, 0.05) is 17.9 Å². The Morgan fingerprint density at radius 1 is 1.40 bits per heavy atom. The highest BCUT2D eigenvalue weighted by Gasteiger charge is 2.20. The second-order valence-electron chi connectivity index (χ2n) is 4.19. The lowest BCUT2D eigenvalue weighted by Gasteiger charge is -2.06. The highest BCUT2D eigenvalue weighted by molar-refractivity contribution is 7.90. The monoisotopic (exact) mass is 298 g/mol. The molecule has 0 spiro atoms. The molecular formula is C12H11FN2O4S. The van der Waals surface area contributed by atoms with Crippen molar-refractivity contribution < 1.29 is 22.7 Å². The molecule has 0 aliphatic carbocycles. The van der Waals surface area contributed by atoms with E-state index < -0.39 is 27.3 Å². The largest absolute Gasteiger partial charge is 0.476 e. The molecular weight excluding hydrogens is 287 g/mol. The van der Waals surface area contributed by atoms with Gasteiger partial charge in [-0.2, -0.15) is 5.10 Å². The van der Waals surface area contributed by atoms with Crippen molar-refractivity contribution in [3.8, 4) is 0 Å². The Balaban J connectivity index is 2.51. The number of rotatable bonds is 4. The fraction of sp³-hybridized carbons (Fsp3) is 0.167. The van der Waals surface area contributed by atoms with Crippen molar-refractivity contribution in [2.24, 2.45) is 0 Å². The van der Waals surface area contributed by atoms with Crippen LogP contribution in [0.4, 0.5) is 4.39 Å². The van der Waals surface area contributed by atoms with Gasteiger partial charge in [-0.15, -0.1) is 0 Å². The molecule has 0 radical (unpaired) electrons. The maximum Gasteiger partial charge on any atom is 0.356 e. The number of carboxylic acids is 1. The molecule has 1 aromatic carbocycles. The third-order valence-corrected chi connectivity index (χ3v) is 3.71. The first-order chi connectivity index (χ1) is 9.29. The molecule has 106 valence electrons. The summed E-state index contributed by atoms with van der Waals surface area (Å²) in [6.45, 7) is -0.164. The lowest BCUT2D eigenvalue weighted by atomic mass is 10.2. The zero-order valence-electron chi connectivity index (χ0n) is 10.4. The Morgan fingerprint density at radius 2 is 2.05 bits per heavy atom. The van der Waals surface area contributed by atoms with Gasteiger partial charge in [-0.05, 0) is 6.07 Å². The molecule has 1 aromatic heterocycles. The molecule has 0 aliphatic rings. The lowest BCUT2D eigenvalue weighted by molar-refractivity contribution is 0.0689. The number of hydrogen-bond acceptors (Lipinski definition) is 4. The Hall–Kier alpha value is -2.22. The summed E-state index contributed by atoms with van der Waals surface area (Å²) in [6.07, 6.45) is 0.938. The van der Waals surface area contributed by atoms with E-state index in [0.717, 1.165) is 17.0 Å². The van der Waals surface area contributed by atoms with Crippen LogP contribution in [0.15, 0.2) is 35.4 Å². The van der Waals surface area contributed by atoms with Crippen molar-refractivity contribution >= 4 is 15.8 Å². The fourth-order valence-corrected chi connectivity index (χ4v) is 2.52. The third kappa shape index (κ3) is 2.85. The molecule has 2 rings (SSSR count). The minimum Gasteiger partial charge on any atom is -0.476 e. The van der Waals surface area contributed by atoms with Crippen LogP contribution in [-0.2, 0) is 16.4 Å². The van der Waals surface area contributed by atoms with E-state index in [1.807, 2.05) is 0 Å². The Kier molecular flexibility index (Phi) is 3.58. The van der Waals surface area contributed by atoms with Gasteiger partial charge in [0.2, 0.25) is 0 Å². The fourth-order valence-electron chi connectivity index (χ4n) is 1.70. The van der Waals surface area contributed by atoms with Gasteiger partial charge >= 0.3 is 5.97 Å². The van der Waals surface area contributed by atoms with Crippen LogP contribution in [-0.4, -0.2) is 35.5 Å². The molecule has 2 aromatic rings. The lowest BCUT2D eigenvalue weighted by Crippen LogP contribution is -2.11. The summed E-state index contributed by atoms with van der Waals surface area (Å²) in [5.41, 5.74) is -0.181. The van der Waals surface area contributed by atoms with Crippen LogP contribution in [0.3, 0.4) is 0 Å². The summed E-state index contributed by atoms with van der Waals surface area (Å²) in [5, 5.41) is 12.3. The van der Waals surface area contributed by atoms with Gasteiger partial charge in [0.25, 0.3) is 0 Å². The molecule has 0 unspecified atom stereocenters. The number of aromatic nitrogens is 2. The van der Waals surface area contributed by atoms with Gasteiger partial charge in [0.05, 0.1) is 6.54 Å². The van der Waals surface area contributed by atoms with Crippen LogP contribution in [0.2, 0.25) is 0 Å². The van der Waals surface area contributed by atoms with E-state index in [0.29, 0.717) is 0 Å². The van der Waals surface area contributed by atoms with Gasteiger partial charge in [-0.25, -0.2) is 22.3 Å². The third-order valence-electron chi connectivity index (χ3n) is 2.62. The standard InChI is InChI=1S/C12H11FN2O4S/c1-20(18,19)11-6-10(12(16)17)14-15(11)7-8-4-2-3-5-9(8)13/h2-6H,7H2,1H3,(H,16,17). The van der Waals surface area contributed by atoms with E-state index >= 15 is 0 Å². The average molecular weight is 298 g/mol. The number of halogens is 1. The van der Waals surface area contributed by atoms with Crippen molar-refractivity contribution in [3.63, 3.8) is 0 Å². The predicted octanol–water partition coefficient (Wildman–Crippen LogP) is 1.17. The van der Waals surface area contributed by atoms with E-state index in [4.69, 9.17) is 5.11 Å². The first kappa shape index (κ1) is 14.2. The maximum atomic E-state index is 13.6. The molecule has 1 N–H and O–H groups in total.